The van der Waals surface area contributed by atoms with Crippen molar-refractivity contribution in [2.24, 2.45) is 11.7 Å². The average molecular weight is 517 g/mol. The van der Waals surface area contributed by atoms with Crippen molar-refractivity contribution >= 4 is 13.6 Å². The molecule has 0 saturated heterocycles. The number of hydrogen-bond donors (Lipinski definition) is 1. The molecule has 2 N–H and O–H groups in total. The number of halogens is 3. The quantitative estimate of drug-likeness (QED) is 0.183. The van der Waals surface area contributed by atoms with Crippen molar-refractivity contribution in [2.75, 3.05) is 13.2 Å². The molecule has 0 saturated carbocycles. The molecular weight excluding hydrogens is 481 g/mol. The summed E-state index contributed by atoms with van der Waals surface area (Å²) in [7, 11) is -2.18. The van der Waals surface area contributed by atoms with Crippen LogP contribution in [0.5, 0.6) is 0 Å². The number of ether oxygens (including phenoxy) is 2. The maximum Gasteiger partial charge on any atom is 1.00 e. The first-order chi connectivity index (χ1) is 15.9. The Hall–Kier alpha value is -1.04. The summed E-state index contributed by atoms with van der Waals surface area (Å²) in [6.07, 6.45) is 5.56. The van der Waals surface area contributed by atoms with Gasteiger partial charge in [0, 0.05) is 12.4 Å². The molecule has 0 fully saturated rings. The number of rotatable bonds is 12. The summed E-state index contributed by atoms with van der Waals surface area (Å²) >= 11 is 0. The minimum Gasteiger partial charge on any atom is -1.00 e. The molecule has 0 aliphatic heterocycles. The Morgan fingerprint density at radius 2 is 1.49 bits per heavy atom. The van der Waals surface area contributed by atoms with Gasteiger partial charge in [0.05, 0.1) is 19.8 Å². The Bertz CT molecular complexity index is 756. The van der Waals surface area contributed by atoms with Crippen molar-refractivity contribution in [3.8, 4) is 0 Å². The van der Waals surface area contributed by atoms with E-state index in [9.17, 15) is 13.4 Å². The fourth-order valence-electron chi connectivity index (χ4n) is 2.25. The largest absolute Gasteiger partial charge is 1.00 e. The molecule has 0 radical (unpaired) electrons. The number of carbonyl (C=O) groups excluding carboxylic acids is 1. The molecule has 2 aromatic carbocycles. The molecule has 0 bridgehead atoms. The van der Waals surface area contributed by atoms with Gasteiger partial charge in [-0.2, -0.15) is 0 Å². The molecule has 2 aromatic rings. The molecular formula is C26H36BF3KNO3. The molecule has 188 valence electrons. The van der Waals surface area contributed by atoms with Gasteiger partial charge in [-0.1, -0.05) is 85.8 Å². The predicted molar refractivity (Wildman–Crippen MR) is 133 cm³/mol. The van der Waals surface area contributed by atoms with E-state index in [1.807, 2.05) is 73.7 Å². The third kappa shape index (κ3) is 24.4. The molecule has 0 aliphatic carbocycles. The summed E-state index contributed by atoms with van der Waals surface area (Å²) in [5.74, 6) is 0.292. The van der Waals surface area contributed by atoms with Gasteiger partial charge in [-0.3, -0.25) is 8.63 Å². The zero-order chi connectivity index (χ0) is 24.7. The van der Waals surface area contributed by atoms with E-state index in [2.05, 4.69) is 6.58 Å². The van der Waals surface area contributed by atoms with Gasteiger partial charge in [-0.25, -0.2) is 0 Å². The fourth-order valence-corrected chi connectivity index (χ4v) is 2.25. The SMILES string of the molecule is C/C=C/CB(F)F.C=C[C@H](C)[C@H](N)COCc1ccccc1.O=CCOCc1ccccc1.[F-].[K+]. The van der Waals surface area contributed by atoms with Crippen LogP contribution in [-0.4, -0.2) is 32.8 Å². The Morgan fingerprint density at radius 3 is 1.86 bits per heavy atom. The Kier molecular flexibility index (Phi) is 30.3. The zero-order valence-corrected chi connectivity index (χ0v) is 24.1. The van der Waals surface area contributed by atoms with E-state index < -0.39 is 7.27 Å². The second-order valence-corrected chi connectivity index (χ2v) is 7.12. The van der Waals surface area contributed by atoms with Crippen molar-refractivity contribution in [1.82, 2.24) is 0 Å². The van der Waals surface area contributed by atoms with E-state index in [0.29, 0.717) is 25.7 Å². The van der Waals surface area contributed by atoms with Crippen LogP contribution in [0.15, 0.2) is 85.5 Å². The second-order valence-electron chi connectivity index (χ2n) is 7.12. The van der Waals surface area contributed by atoms with Gasteiger partial charge >= 0.3 is 58.7 Å². The van der Waals surface area contributed by atoms with Gasteiger partial charge in [0.2, 0.25) is 0 Å². The topological polar surface area (TPSA) is 61.5 Å². The van der Waals surface area contributed by atoms with Crippen LogP contribution in [0, 0.1) is 5.92 Å². The molecule has 0 heterocycles. The summed E-state index contributed by atoms with van der Waals surface area (Å²) in [4.78, 5) is 9.87. The molecule has 2 atom stereocenters. The van der Waals surface area contributed by atoms with E-state index >= 15 is 0 Å². The molecule has 0 aliphatic rings. The van der Waals surface area contributed by atoms with E-state index in [4.69, 9.17) is 15.2 Å². The van der Waals surface area contributed by atoms with Crippen molar-refractivity contribution in [3.05, 3.63) is 96.6 Å². The summed E-state index contributed by atoms with van der Waals surface area (Å²) in [6.45, 7) is 9.37. The molecule has 2 rings (SSSR count). The van der Waals surface area contributed by atoms with Gasteiger partial charge in [-0.15, -0.1) is 6.58 Å². The smallest absolute Gasteiger partial charge is 1.00 e. The molecule has 0 spiro atoms. The number of nitrogens with two attached hydrogens (primary N) is 1. The summed E-state index contributed by atoms with van der Waals surface area (Å²) in [5, 5.41) is 0. The average Bonchev–Trinajstić information content (AvgIpc) is 2.84. The molecule has 9 heteroatoms. The van der Waals surface area contributed by atoms with E-state index in [-0.39, 0.29) is 75.1 Å². The van der Waals surface area contributed by atoms with Crippen LogP contribution in [0.4, 0.5) is 8.63 Å². The van der Waals surface area contributed by atoms with E-state index in [1.165, 1.54) is 11.6 Å². The van der Waals surface area contributed by atoms with Crippen LogP contribution in [0.3, 0.4) is 0 Å². The third-order valence-corrected chi connectivity index (χ3v) is 4.32. The first-order valence-corrected chi connectivity index (χ1v) is 10.9. The van der Waals surface area contributed by atoms with Crippen molar-refractivity contribution in [2.45, 2.75) is 39.4 Å². The van der Waals surface area contributed by atoms with Crippen LogP contribution >= 0.6 is 0 Å². The van der Waals surface area contributed by atoms with E-state index in [0.717, 1.165) is 11.8 Å². The maximum absolute atomic E-state index is 11.2. The minimum absolute atomic E-state index is 0. The summed E-state index contributed by atoms with van der Waals surface area (Å²) in [6, 6.07) is 19.9. The maximum atomic E-state index is 11.2. The standard InChI is InChI=1S/C13H19NO.C9H10O2.C4H7BF2.FH.K/c1-3-11(2)13(14)10-15-9-12-7-5-4-6-8-12;10-6-7-11-8-9-4-2-1-3-5-9;1-2-3-4-5(6)7;;/h3-8,11,13H,1,9-10,14H2,2H3;1-6H,7-8H2;2-3H,4H2,1H3;1H;/q;;;;+1/p-1/b;;3-2+;;/t11-,13+;;;;/m0..../s1. The van der Waals surface area contributed by atoms with Gasteiger partial charge in [0.25, 0.3) is 0 Å². The Balaban J connectivity index is -0.000000455. The molecule has 0 aromatic heterocycles. The number of hydrogen-bond acceptors (Lipinski definition) is 4. The van der Waals surface area contributed by atoms with Crippen LogP contribution in [0.2, 0.25) is 6.32 Å². The number of allylic oxidation sites excluding steroid dienone is 2. The molecule has 4 nitrogen and oxygen atoms in total. The van der Waals surface area contributed by atoms with Crippen molar-refractivity contribution in [3.63, 3.8) is 0 Å². The van der Waals surface area contributed by atoms with Crippen molar-refractivity contribution < 1.29 is 79.0 Å². The van der Waals surface area contributed by atoms with Gasteiger partial charge in [-0.05, 0) is 24.0 Å². The Labute approximate surface area is 251 Å². The minimum atomic E-state index is -2.18. The first-order valence-electron chi connectivity index (χ1n) is 10.9. The van der Waals surface area contributed by atoms with Crippen LogP contribution in [0.25, 0.3) is 0 Å². The molecule has 0 amide bonds. The monoisotopic (exact) mass is 517 g/mol. The van der Waals surface area contributed by atoms with Crippen LogP contribution < -0.4 is 61.8 Å². The number of carbonyl (C=O) groups is 1. The van der Waals surface area contributed by atoms with Gasteiger partial charge in [0.15, 0.2) is 0 Å². The normalized spacial score (nSPS) is 11.2. The third-order valence-electron chi connectivity index (χ3n) is 4.32. The van der Waals surface area contributed by atoms with Crippen LogP contribution in [0.1, 0.15) is 25.0 Å². The van der Waals surface area contributed by atoms with Crippen molar-refractivity contribution in [1.29, 1.82) is 0 Å². The summed E-state index contributed by atoms with van der Waals surface area (Å²) < 4.78 is 32.9. The zero-order valence-electron chi connectivity index (χ0n) is 21.0. The summed E-state index contributed by atoms with van der Waals surface area (Å²) in [5.41, 5.74) is 8.16. The van der Waals surface area contributed by atoms with Gasteiger partial charge in [0.1, 0.15) is 12.9 Å². The number of benzene rings is 2. The first kappa shape index (κ1) is 38.5. The predicted octanol–water partition coefficient (Wildman–Crippen LogP) is -0.248. The fraction of sp³-hybridized carbons (Fsp3) is 0.346. The second kappa shape index (κ2) is 27.5. The number of aldehydes is 1. The molecule has 0 unspecified atom stereocenters. The molecule has 35 heavy (non-hydrogen) atoms. The van der Waals surface area contributed by atoms with Crippen LogP contribution in [-0.2, 0) is 27.5 Å². The Morgan fingerprint density at radius 1 is 1.00 bits per heavy atom. The van der Waals surface area contributed by atoms with E-state index in [1.54, 1.807) is 13.0 Å². The van der Waals surface area contributed by atoms with Gasteiger partial charge < -0.3 is 24.7 Å².